The Hall–Kier alpha value is -1.17. The zero-order chi connectivity index (χ0) is 15.6. The van der Waals surface area contributed by atoms with Gasteiger partial charge < -0.3 is 0 Å². The molecule has 0 radical (unpaired) electrons. The van der Waals surface area contributed by atoms with Crippen LogP contribution in [0.3, 0.4) is 0 Å². The van der Waals surface area contributed by atoms with E-state index in [2.05, 4.69) is 28.1 Å². The Kier molecular flexibility index (Phi) is 4.66. The van der Waals surface area contributed by atoms with Gasteiger partial charge in [0.15, 0.2) is 0 Å². The highest BCUT2D eigenvalue weighted by Crippen LogP contribution is 2.29. The molecular weight excluding hydrogens is 362 g/mol. The first-order valence-electron chi connectivity index (χ1n) is 7.39. The molecule has 2 aromatic rings. The van der Waals surface area contributed by atoms with Crippen molar-refractivity contribution in [3.63, 3.8) is 0 Å². The van der Waals surface area contributed by atoms with Crippen LogP contribution in [0.5, 0.6) is 0 Å². The predicted molar refractivity (Wildman–Crippen MR) is 91.2 cm³/mol. The molecule has 1 saturated heterocycles. The van der Waals surface area contributed by atoms with Gasteiger partial charge >= 0.3 is 0 Å². The van der Waals surface area contributed by atoms with Gasteiger partial charge in [0.25, 0.3) is 0 Å². The summed E-state index contributed by atoms with van der Waals surface area (Å²) in [6.45, 7) is 0.604. The number of benzene rings is 2. The van der Waals surface area contributed by atoms with E-state index in [0.29, 0.717) is 11.4 Å². The summed E-state index contributed by atoms with van der Waals surface area (Å²) in [5.74, 6) is 0. The van der Waals surface area contributed by atoms with Crippen molar-refractivity contribution in [2.75, 3.05) is 6.54 Å². The Balaban J connectivity index is 1.86. The molecule has 0 spiro atoms. The predicted octanol–water partition coefficient (Wildman–Crippen LogP) is 3.84. The van der Waals surface area contributed by atoms with Crippen LogP contribution in [0.1, 0.15) is 18.4 Å². The van der Waals surface area contributed by atoms with E-state index < -0.39 is 10.0 Å². The maximum absolute atomic E-state index is 12.9. The van der Waals surface area contributed by atoms with Crippen LogP contribution in [0, 0.1) is 0 Å². The number of nitrogens with zero attached hydrogens (tertiary/aromatic N) is 1. The van der Waals surface area contributed by atoms with E-state index in [9.17, 15) is 8.42 Å². The number of rotatable bonds is 4. The van der Waals surface area contributed by atoms with Crippen molar-refractivity contribution in [2.24, 2.45) is 0 Å². The fourth-order valence-electron chi connectivity index (χ4n) is 2.98. The van der Waals surface area contributed by atoms with Gasteiger partial charge in [0.1, 0.15) is 0 Å². The zero-order valence-electron chi connectivity index (χ0n) is 12.2. The second kappa shape index (κ2) is 6.52. The molecule has 1 unspecified atom stereocenters. The molecule has 22 heavy (non-hydrogen) atoms. The summed E-state index contributed by atoms with van der Waals surface area (Å²) in [7, 11) is -3.43. The maximum Gasteiger partial charge on any atom is 0.243 e. The van der Waals surface area contributed by atoms with E-state index in [4.69, 9.17) is 0 Å². The number of hydrogen-bond donors (Lipinski definition) is 0. The monoisotopic (exact) mass is 379 g/mol. The van der Waals surface area contributed by atoms with E-state index in [1.165, 1.54) is 5.56 Å². The summed E-state index contributed by atoms with van der Waals surface area (Å²) < 4.78 is 28.2. The Bertz CT molecular complexity index is 746. The van der Waals surface area contributed by atoms with Crippen molar-refractivity contribution < 1.29 is 8.42 Å². The van der Waals surface area contributed by atoms with Gasteiger partial charge in [-0.2, -0.15) is 4.31 Å². The zero-order valence-corrected chi connectivity index (χ0v) is 14.6. The first-order valence-corrected chi connectivity index (χ1v) is 9.62. The van der Waals surface area contributed by atoms with Gasteiger partial charge in [0.05, 0.1) is 4.90 Å². The SMILES string of the molecule is O=S(=O)(c1cccc(Br)c1)N1CCCC1Cc1ccccc1. The van der Waals surface area contributed by atoms with Crippen LogP contribution in [0.15, 0.2) is 64.0 Å². The van der Waals surface area contributed by atoms with Crippen LogP contribution in [-0.2, 0) is 16.4 Å². The Labute approximate surface area is 140 Å². The van der Waals surface area contributed by atoms with Crippen LogP contribution < -0.4 is 0 Å². The average molecular weight is 380 g/mol. The van der Waals surface area contributed by atoms with Crippen LogP contribution in [0.25, 0.3) is 0 Å². The normalized spacial score (nSPS) is 19.4. The molecule has 2 aromatic carbocycles. The highest BCUT2D eigenvalue weighted by molar-refractivity contribution is 9.10. The van der Waals surface area contributed by atoms with Gasteiger partial charge in [-0.3, -0.25) is 0 Å². The van der Waals surface area contributed by atoms with Crippen molar-refractivity contribution in [1.82, 2.24) is 4.31 Å². The quantitative estimate of drug-likeness (QED) is 0.808. The lowest BCUT2D eigenvalue weighted by Crippen LogP contribution is -2.36. The first kappa shape index (κ1) is 15.7. The molecule has 0 saturated carbocycles. The van der Waals surface area contributed by atoms with Crippen LogP contribution in [-0.4, -0.2) is 25.3 Å². The van der Waals surface area contributed by atoms with Crippen molar-refractivity contribution in [3.8, 4) is 0 Å². The highest BCUT2D eigenvalue weighted by atomic mass is 79.9. The smallest absolute Gasteiger partial charge is 0.207 e. The number of halogens is 1. The summed E-state index contributed by atoms with van der Waals surface area (Å²) in [6, 6.07) is 17.1. The fraction of sp³-hybridized carbons (Fsp3) is 0.294. The summed E-state index contributed by atoms with van der Waals surface area (Å²) in [6.07, 6.45) is 2.61. The summed E-state index contributed by atoms with van der Waals surface area (Å²) in [5.41, 5.74) is 1.18. The third kappa shape index (κ3) is 3.26. The van der Waals surface area contributed by atoms with Gasteiger partial charge in [-0.25, -0.2) is 8.42 Å². The van der Waals surface area contributed by atoms with Crippen LogP contribution in [0.2, 0.25) is 0 Å². The Morgan fingerprint density at radius 2 is 1.86 bits per heavy atom. The standard InChI is InChI=1S/C17H18BrNO2S/c18-15-8-4-10-17(13-15)22(20,21)19-11-5-9-16(19)12-14-6-2-1-3-7-14/h1-4,6-8,10,13,16H,5,9,11-12H2. The molecule has 0 aliphatic carbocycles. The van der Waals surface area contributed by atoms with Crippen LogP contribution >= 0.6 is 15.9 Å². The van der Waals surface area contributed by atoms with Gasteiger partial charge in [0.2, 0.25) is 10.0 Å². The minimum Gasteiger partial charge on any atom is -0.207 e. The average Bonchev–Trinajstić information content (AvgIpc) is 2.97. The Morgan fingerprint density at radius 3 is 2.59 bits per heavy atom. The second-order valence-electron chi connectivity index (χ2n) is 5.56. The van der Waals surface area contributed by atoms with Crippen molar-refractivity contribution in [1.29, 1.82) is 0 Å². The molecule has 0 N–H and O–H groups in total. The lowest BCUT2D eigenvalue weighted by atomic mass is 10.1. The molecular formula is C17H18BrNO2S. The number of sulfonamides is 1. The summed E-state index contributed by atoms with van der Waals surface area (Å²) in [4.78, 5) is 0.363. The van der Waals surface area contributed by atoms with Gasteiger partial charge in [-0.15, -0.1) is 0 Å². The largest absolute Gasteiger partial charge is 0.243 e. The summed E-state index contributed by atoms with van der Waals surface area (Å²) in [5, 5.41) is 0. The number of hydrogen-bond acceptors (Lipinski definition) is 2. The first-order chi connectivity index (χ1) is 10.6. The summed E-state index contributed by atoms with van der Waals surface area (Å²) >= 11 is 3.35. The minimum absolute atomic E-state index is 0.0476. The van der Waals surface area contributed by atoms with Crippen molar-refractivity contribution in [3.05, 3.63) is 64.6 Å². The van der Waals surface area contributed by atoms with Crippen molar-refractivity contribution >= 4 is 26.0 Å². The molecule has 5 heteroatoms. The molecule has 3 rings (SSSR count). The van der Waals surface area contributed by atoms with E-state index in [-0.39, 0.29) is 6.04 Å². The second-order valence-corrected chi connectivity index (χ2v) is 8.37. The molecule has 116 valence electrons. The molecule has 0 aromatic heterocycles. The Morgan fingerprint density at radius 1 is 1.09 bits per heavy atom. The molecule has 1 aliphatic heterocycles. The molecule has 3 nitrogen and oxygen atoms in total. The fourth-order valence-corrected chi connectivity index (χ4v) is 5.27. The van der Waals surface area contributed by atoms with Crippen LogP contribution in [0.4, 0.5) is 0 Å². The van der Waals surface area contributed by atoms with Gasteiger partial charge in [0, 0.05) is 17.1 Å². The third-order valence-electron chi connectivity index (χ3n) is 4.04. The van der Waals surface area contributed by atoms with E-state index in [0.717, 1.165) is 23.7 Å². The minimum atomic E-state index is -3.43. The lowest BCUT2D eigenvalue weighted by Gasteiger charge is -2.24. The molecule has 1 heterocycles. The van der Waals surface area contributed by atoms with Crippen molar-refractivity contribution in [2.45, 2.75) is 30.2 Å². The van der Waals surface area contributed by atoms with E-state index >= 15 is 0 Å². The highest BCUT2D eigenvalue weighted by Gasteiger charge is 2.35. The molecule has 1 fully saturated rings. The molecule has 1 aliphatic rings. The molecule has 1 atom stereocenters. The maximum atomic E-state index is 12.9. The molecule has 0 bridgehead atoms. The topological polar surface area (TPSA) is 37.4 Å². The van der Waals surface area contributed by atoms with Gasteiger partial charge in [-0.1, -0.05) is 52.3 Å². The third-order valence-corrected chi connectivity index (χ3v) is 6.48. The lowest BCUT2D eigenvalue weighted by molar-refractivity contribution is 0.385. The van der Waals surface area contributed by atoms with Gasteiger partial charge in [-0.05, 0) is 43.0 Å². The van der Waals surface area contributed by atoms with E-state index in [1.807, 2.05) is 24.3 Å². The molecule has 0 amide bonds. The van der Waals surface area contributed by atoms with E-state index in [1.54, 1.807) is 22.5 Å².